The largest absolute Gasteiger partial charge is 0.396 e. The number of rotatable bonds is 10. The minimum absolute atomic E-state index is 0.0159. The van der Waals surface area contributed by atoms with E-state index in [4.69, 9.17) is 34.0 Å². The summed E-state index contributed by atoms with van der Waals surface area (Å²) in [6.45, 7) is 8.72. The summed E-state index contributed by atoms with van der Waals surface area (Å²) in [5.41, 5.74) is 5.74. The summed E-state index contributed by atoms with van der Waals surface area (Å²) in [5.74, 6) is -2.42. The van der Waals surface area contributed by atoms with Crippen LogP contribution in [0.1, 0.15) is 64.0 Å². The highest BCUT2D eigenvalue weighted by Crippen LogP contribution is 2.50. The molecule has 0 aromatic heterocycles. The van der Waals surface area contributed by atoms with Crippen molar-refractivity contribution in [1.82, 2.24) is 10.6 Å². The van der Waals surface area contributed by atoms with Crippen LogP contribution >= 0.6 is 23.2 Å². The lowest BCUT2D eigenvalue weighted by atomic mass is 9.66. The van der Waals surface area contributed by atoms with Gasteiger partial charge in [-0.05, 0) is 54.4 Å². The monoisotopic (exact) mass is 555 g/mol. The molecule has 0 radical (unpaired) electrons. The number of carbonyl (C=O) groups is 1. The maximum atomic E-state index is 15.6. The first-order chi connectivity index (χ1) is 17.3. The Morgan fingerprint density at radius 2 is 1.92 bits per heavy atom. The Labute approximate surface area is 228 Å². The summed E-state index contributed by atoms with van der Waals surface area (Å²) in [5, 5.41) is 15.4. The quantitative estimate of drug-likeness (QED) is 0.291. The molecule has 1 heterocycles. The standard InChI is InChI=1S/C28H37Cl2F2N3O2/c1-16(2)27(3,4)15-22-28(33,19-11-10-17(29)14-21(19)31)23(18-8-7-9-20(30)24(18)32)25(35-22)26(37)34-12-5-6-13-36/h7-11,14,16,22-23,25,35-36H,5-6,12-13,15,33H2,1-4H3,(H,34,37)/t22?,23-,25+,28+/m0/s1. The number of unbranched alkanes of at least 4 members (excludes halogenated alkanes) is 1. The fourth-order valence-electron chi connectivity index (χ4n) is 5.11. The minimum Gasteiger partial charge on any atom is -0.396 e. The van der Waals surface area contributed by atoms with E-state index < -0.39 is 35.2 Å². The molecule has 0 spiro atoms. The van der Waals surface area contributed by atoms with Crippen molar-refractivity contribution in [3.05, 3.63) is 69.2 Å². The second-order valence-electron chi connectivity index (χ2n) is 10.9. The average molecular weight is 557 g/mol. The number of hydrogen-bond donors (Lipinski definition) is 4. The number of benzene rings is 2. The van der Waals surface area contributed by atoms with Crippen molar-refractivity contribution in [2.24, 2.45) is 17.1 Å². The van der Waals surface area contributed by atoms with Crippen LogP contribution in [0.3, 0.4) is 0 Å². The minimum atomic E-state index is -1.51. The van der Waals surface area contributed by atoms with Gasteiger partial charge in [0.1, 0.15) is 11.6 Å². The van der Waals surface area contributed by atoms with Gasteiger partial charge in [-0.3, -0.25) is 4.79 Å². The van der Waals surface area contributed by atoms with Gasteiger partial charge in [0.05, 0.1) is 16.6 Å². The molecule has 37 heavy (non-hydrogen) atoms. The van der Waals surface area contributed by atoms with Gasteiger partial charge in [-0.1, -0.05) is 69.1 Å². The van der Waals surface area contributed by atoms with Crippen LogP contribution < -0.4 is 16.4 Å². The highest BCUT2D eigenvalue weighted by molar-refractivity contribution is 6.31. The van der Waals surface area contributed by atoms with Gasteiger partial charge in [-0.15, -0.1) is 0 Å². The van der Waals surface area contributed by atoms with Gasteiger partial charge in [0.2, 0.25) is 5.91 Å². The van der Waals surface area contributed by atoms with Crippen LogP contribution in [-0.2, 0) is 10.3 Å². The zero-order valence-electron chi connectivity index (χ0n) is 21.8. The number of aliphatic hydroxyl groups excluding tert-OH is 1. The second kappa shape index (κ2) is 12.0. The molecule has 1 aliphatic heterocycles. The van der Waals surface area contributed by atoms with Crippen molar-refractivity contribution in [1.29, 1.82) is 0 Å². The SMILES string of the molecule is CC(C)C(C)(C)CC1N[C@@H](C(=O)NCCCCO)[C@H](c2cccc(Cl)c2F)[C@@]1(N)c1ccc(Cl)cc1F. The molecule has 2 aromatic rings. The summed E-state index contributed by atoms with van der Waals surface area (Å²) in [4.78, 5) is 13.5. The lowest BCUT2D eigenvalue weighted by Gasteiger charge is -2.41. The predicted molar refractivity (Wildman–Crippen MR) is 145 cm³/mol. The first-order valence-electron chi connectivity index (χ1n) is 12.7. The van der Waals surface area contributed by atoms with E-state index in [1.165, 1.54) is 18.2 Å². The molecule has 0 saturated carbocycles. The van der Waals surface area contributed by atoms with Crippen molar-refractivity contribution in [2.45, 2.75) is 70.5 Å². The van der Waals surface area contributed by atoms with Gasteiger partial charge in [0.15, 0.2) is 0 Å². The number of aliphatic hydroxyl groups is 1. The highest BCUT2D eigenvalue weighted by Gasteiger charge is 2.58. The van der Waals surface area contributed by atoms with E-state index in [2.05, 4.69) is 38.3 Å². The van der Waals surface area contributed by atoms with E-state index >= 15 is 8.78 Å². The molecule has 1 fully saturated rings. The van der Waals surface area contributed by atoms with Gasteiger partial charge in [0.25, 0.3) is 0 Å². The number of hydrogen-bond acceptors (Lipinski definition) is 4. The smallest absolute Gasteiger partial charge is 0.237 e. The Hall–Kier alpha value is -1.77. The zero-order valence-corrected chi connectivity index (χ0v) is 23.3. The lowest BCUT2D eigenvalue weighted by molar-refractivity contribution is -0.123. The van der Waals surface area contributed by atoms with Gasteiger partial charge in [0, 0.05) is 35.7 Å². The molecule has 4 atom stereocenters. The van der Waals surface area contributed by atoms with Crippen LogP contribution in [0.2, 0.25) is 10.0 Å². The van der Waals surface area contributed by atoms with Crippen LogP contribution in [0, 0.1) is 23.0 Å². The molecule has 5 nitrogen and oxygen atoms in total. The number of amides is 1. The molecule has 2 aromatic carbocycles. The predicted octanol–water partition coefficient (Wildman–Crippen LogP) is 5.51. The second-order valence-corrected chi connectivity index (χ2v) is 11.8. The van der Waals surface area contributed by atoms with Crippen molar-refractivity contribution >= 4 is 29.1 Å². The van der Waals surface area contributed by atoms with Gasteiger partial charge < -0.3 is 21.5 Å². The summed E-state index contributed by atoms with van der Waals surface area (Å²) in [6.07, 6.45) is 1.61. The van der Waals surface area contributed by atoms with Crippen molar-refractivity contribution in [2.75, 3.05) is 13.2 Å². The lowest BCUT2D eigenvalue weighted by Crippen LogP contribution is -2.53. The van der Waals surface area contributed by atoms with Crippen molar-refractivity contribution in [3.8, 4) is 0 Å². The number of nitrogens with one attached hydrogen (secondary N) is 2. The van der Waals surface area contributed by atoms with Crippen LogP contribution in [0.4, 0.5) is 8.78 Å². The van der Waals surface area contributed by atoms with Crippen LogP contribution in [0.5, 0.6) is 0 Å². The van der Waals surface area contributed by atoms with Gasteiger partial charge in [-0.25, -0.2) is 8.78 Å². The molecule has 1 unspecified atom stereocenters. The molecule has 1 amide bonds. The molecule has 1 aliphatic rings. The van der Waals surface area contributed by atoms with Crippen LogP contribution in [0.25, 0.3) is 0 Å². The summed E-state index contributed by atoms with van der Waals surface area (Å²) in [6, 6.07) is 7.27. The Balaban J connectivity index is 2.21. The van der Waals surface area contributed by atoms with Crippen molar-refractivity contribution in [3.63, 3.8) is 0 Å². The first-order valence-corrected chi connectivity index (χ1v) is 13.4. The molecular formula is C28H37Cl2F2N3O2. The maximum Gasteiger partial charge on any atom is 0.237 e. The Kier molecular flexibility index (Phi) is 9.62. The number of halogens is 4. The number of carbonyl (C=O) groups excluding carboxylic acids is 1. The van der Waals surface area contributed by atoms with E-state index in [9.17, 15) is 4.79 Å². The zero-order chi connectivity index (χ0) is 27.5. The third-order valence-electron chi connectivity index (χ3n) is 7.98. The van der Waals surface area contributed by atoms with Crippen molar-refractivity contribution < 1.29 is 18.7 Å². The molecule has 3 rings (SSSR count). The third kappa shape index (κ3) is 6.12. The summed E-state index contributed by atoms with van der Waals surface area (Å²) >= 11 is 12.2. The van der Waals surface area contributed by atoms with Gasteiger partial charge >= 0.3 is 0 Å². The maximum absolute atomic E-state index is 15.6. The fraction of sp³-hybridized carbons (Fsp3) is 0.536. The molecule has 1 saturated heterocycles. The number of nitrogens with two attached hydrogens (primary N) is 1. The van der Waals surface area contributed by atoms with E-state index in [0.717, 1.165) is 0 Å². The Morgan fingerprint density at radius 1 is 1.22 bits per heavy atom. The molecular weight excluding hydrogens is 519 g/mol. The molecule has 204 valence electrons. The molecule has 9 heteroatoms. The molecule has 0 aliphatic carbocycles. The van der Waals surface area contributed by atoms with E-state index in [-0.39, 0.29) is 45.0 Å². The van der Waals surface area contributed by atoms with Gasteiger partial charge in [-0.2, -0.15) is 0 Å². The van der Waals surface area contributed by atoms with E-state index in [0.29, 0.717) is 25.8 Å². The van der Waals surface area contributed by atoms with E-state index in [1.54, 1.807) is 18.2 Å². The Bertz CT molecular complexity index is 1110. The average Bonchev–Trinajstić information content (AvgIpc) is 3.10. The molecule has 5 N–H and O–H groups in total. The third-order valence-corrected chi connectivity index (χ3v) is 8.51. The Morgan fingerprint density at radius 3 is 2.54 bits per heavy atom. The van der Waals surface area contributed by atoms with Crippen LogP contribution in [0.15, 0.2) is 36.4 Å². The van der Waals surface area contributed by atoms with Crippen LogP contribution in [-0.4, -0.2) is 36.2 Å². The molecule has 0 bridgehead atoms. The normalized spacial score (nSPS) is 24.0. The van der Waals surface area contributed by atoms with E-state index in [1.807, 2.05) is 0 Å². The fourth-order valence-corrected chi connectivity index (χ4v) is 5.45. The summed E-state index contributed by atoms with van der Waals surface area (Å²) in [7, 11) is 0. The summed E-state index contributed by atoms with van der Waals surface area (Å²) < 4.78 is 31.1. The highest BCUT2D eigenvalue weighted by atomic mass is 35.5. The first kappa shape index (κ1) is 29.8. The topological polar surface area (TPSA) is 87.4 Å².